The van der Waals surface area contributed by atoms with Crippen molar-refractivity contribution in [2.75, 3.05) is 7.05 Å². The number of hydrogen-bond acceptors (Lipinski definition) is 6. The lowest BCUT2D eigenvalue weighted by Crippen LogP contribution is -2.47. The van der Waals surface area contributed by atoms with Gasteiger partial charge in [0.2, 0.25) is 0 Å². The second kappa shape index (κ2) is 12.2. The van der Waals surface area contributed by atoms with E-state index in [2.05, 4.69) is 41.3 Å². The smallest absolute Gasteiger partial charge is 0.392 e. The number of nitrogens with one attached hydrogen (secondary N) is 2. The highest BCUT2D eigenvalue weighted by molar-refractivity contribution is 7.12. The maximum Gasteiger partial charge on any atom is 0.428 e. The van der Waals surface area contributed by atoms with E-state index in [1.165, 1.54) is 0 Å². The molecule has 0 saturated heterocycles. The Kier molecular flexibility index (Phi) is 10.3. The predicted molar refractivity (Wildman–Crippen MR) is 145 cm³/mol. The molecule has 3 aliphatic rings. The molecule has 1 aromatic heterocycles. The van der Waals surface area contributed by atoms with E-state index < -0.39 is 17.5 Å². The molecule has 6 nitrogen and oxygen atoms in total. The number of nitrogens with zero attached hydrogens (tertiary/aromatic N) is 2. The van der Waals surface area contributed by atoms with E-state index in [4.69, 9.17) is 5.41 Å². The molecule has 3 fully saturated rings. The zero-order valence-electron chi connectivity index (χ0n) is 22.7. The highest BCUT2D eigenvalue weighted by atomic mass is 32.1. The molecule has 1 heterocycles. The second-order valence-corrected chi connectivity index (χ2v) is 11.1. The van der Waals surface area contributed by atoms with E-state index in [1.54, 1.807) is 24.7 Å². The van der Waals surface area contributed by atoms with Gasteiger partial charge < -0.3 is 20.9 Å². The first-order chi connectivity index (χ1) is 17.3. The Hall–Kier alpha value is -2.04. The molecule has 3 aliphatic carbocycles. The monoisotopic (exact) mass is 542 g/mol. The summed E-state index contributed by atoms with van der Waals surface area (Å²) in [6, 6.07) is 0. The van der Waals surface area contributed by atoms with Gasteiger partial charge in [-0.25, -0.2) is 4.98 Å². The summed E-state index contributed by atoms with van der Waals surface area (Å²) >= 11 is 1.59. The average Bonchev–Trinajstić information content (AvgIpc) is 3.73. The highest BCUT2D eigenvalue weighted by Gasteiger charge is 2.69. The molecular formula is C27H41F3N4O2S. The standard InChI is InChI=1S/C22H31N3O2S.C3H4F3N.C2H6/c1-4-5-16(25-14-23-3)10-15(2)17-11-24-19(28-17)22(27)12-20(6-7-20)18(26)21(13-22)8-9-21;1-2(7)3(4,5)6;1-2/h5,10-11,14,18,26-27H,4,6-9,12-13H2,1-3H3,(H,23,25);7H,1H3;1-2H3/b15-10+,16-5+;;. The normalized spacial score (nSPS) is 25.8. The van der Waals surface area contributed by atoms with Gasteiger partial charge in [-0.1, -0.05) is 26.8 Å². The minimum absolute atomic E-state index is 0.0688. The average molecular weight is 543 g/mol. The van der Waals surface area contributed by atoms with Gasteiger partial charge in [0.25, 0.3) is 0 Å². The van der Waals surface area contributed by atoms with Crippen molar-refractivity contribution in [3.8, 4) is 0 Å². The fourth-order valence-corrected chi connectivity index (χ4v) is 5.91. The Morgan fingerprint density at radius 1 is 1.22 bits per heavy atom. The number of aliphatic hydroxyl groups is 2. The molecule has 0 bridgehead atoms. The molecule has 0 atom stereocenters. The van der Waals surface area contributed by atoms with E-state index in [-0.39, 0.29) is 16.9 Å². The second-order valence-electron chi connectivity index (χ2n) is 10.1. The molecule has 3 saturated carbocycles. The van der Waals surface area contributed by atoms with Crippen LogP contribution in [0.5, 0.6) is 0 Å². The van der Waals surface area contributed by atoms with Crippen molar-refractivity contribution in [1.82, 2.24) is 10.3 Å². The van der Waals surface area contributed by atoms with Crippen molar-refractivity contribution in [3.63, 3.8) is 0 Å². The fourth-order valence-electron chi connectivity index (χ4n) is 4.94. The van der Waals surface area contributed by atoms with E-state index in [1.807, 2.05) is 20.0 Å². The number of alkyl halides is 3. The molecule has 208 valence electrons. The van der Waals surface area contributed by atoms with Gasteiger partial charge in [-0.05, 0) is 70.4 Å². The van der Waals surface area contributed by atoms with Gasteiger partial charge in [-0.2, -0.15) is 13.2 Å². The summed E-state index contributed by atoms with van der Waals surface area (Å²) in [6.45, 7) is 8.89. The zero-order valence-corrected chi connectivity index (χ0v) is 23.5. The van der Waals surface area contributed by atoms with Crippen LogP contribution in [0.1, 0.15) is 89.4 Å². The number of aliphatic imine (C=N–C) groups is 1. The van der Waals surface area contributed by atoms with Gasteiger partial charge in [0.15, 0.2) is 0 Å². The van der Waals surface area contributed by atoms with Gasteiger partial charge in [-0.15, -0.1) is 11.3 Å². The van der Waals surface area contributed by atoms with Gasteiger partial charge in [0.05, 0.1) is 17.3 Å². The van der Waals surface area contributed by atoms with Crippen LogP contribution < -0.4 is 5.32 Å². The Balaban J connectivity index is 0.000000465. The summed E-state index contributed by atoms with van der Waals surface area (Å²) in [6.07, 6.45) is 9.49. The molecule has 0 radical (unpaired) electrons. The van der Waals surface area contributed by atoms with E-state index in [9.17, 15) is 23.4 Å². The summed E-state index contributed by atoms with van der Waals surface area (Å²) in [5.74, 6) is 0. The fraction of sp³-hybridized carbons (Fsp3) is 0.667. The number of hydrogen-bond donors (Lipinski definition) is 4. The molecule has 37 heavy (non-hydrogen) atoms. The molecule has 1 aromatic rings. The molecule has 10 heteroatoms. The molecule has 0 unspecified atom stereocenters. The number of allylic oxidation sites excluding steroid dienone is 3. The third-order valence-corrected chi connectivity index (χ3v) is 8.43. The molecule has 2 spiro atoms. The molecular weight excluding hydrogens is 501 g/mol. The van der Waals surface area contributed by atoms with E-state index in [0.717, 1.165) is 53.3 Å². The molecule has 0 aromatic carbocycles. The van der Waals surface area contributed by atoms with Crippen LogP contribution in [0, 0.1) is 16.2 Å². The third kappa shape index (κ3) is 7.51. The van der Waals surface area contributed by atoms with Gasteiger partial charge in [0.1, 0.15) is 16.3 Å². The topological polar surface area (TPSA) is 102 Å². The first-order valence-corrected chi connectivity index (χ1v) is 13.7. The van der Waals surface area contributed by atoms with Crippen molar-refractivity contribution in [2.45, 2.75) is 97.4 Å². The number of thiazole rings is 1. The van der Waals surface area contributed by atoms with Crippen LogP contribution in [0.2, 0.25) is 0 Å². The quantitative estimate of drug-likeness (QED) is 0.185. The van der Waals surface area contributed by atoms with Crippen molar-refractivity contribution in [1.29, 1.82) is 5.41 Å². The largest absolute Gasteiger partial charge is 0.428 e. The van der Waals surface area contributed by atoms with Crippen LogP contribution in [-0.2, 0) is 5.60 Å². The first kappa shape index (κ1) is 31.2. The van der Waals surface area contributed by atoms with Crippen LogP contribution in [0.15, 0.2) is 29.0 Å². The van der Waals surface area contributed by atoms with Gasteiger partial charge >= 0.3 is 6.18 Å². The summed E-state index contributed by atoms with van der Waals surface area (Å²) in [7, 11) is 1.74. The molecule has 0 aliphatic heterocycles. The number of aliphatic hydroxyl groups excluding tert-OH is 1. The Morgan fingerprint density at radius 2 is 1.73 bits per heavy atom. The summed E-state index contributed by atoms with van der Waals surface area (Å²) in [4.78, 5) is 9.70. The molecule has 4 N–H and O–H groups in total. The van der Waals surface area contributed by atoms with Crippen molar-refractivity contribution in [3.05, 3.63) is 33.9 Å². The molecule has 0 amide bonds. The lowest BCUT2D eigenvalue weighted by Gasteiger charge is -2.44. The highest BCUT2D eigenvalue weighted by Crippen LogP contribution is 2.72. The summed E-state index contributed by atoms with van der Waals surface area (Å²) in [5, 5.41) is 32.4. The van der Waals surface area contributed by atoms with Gasteiger partial charge in [-0.3, -0.25) is 4.99 Å². The van der Waals surface area contributed by atoms with Crippen LogP contribution in [-0.4, -0.2) is 46.6 Å². The number of aromatic nitrogens is 1. The Morgan fingerprint density at radius 3 is 2.14 bits per heavy atom. The Labute approximate surface area is 222 Å². The van der Waals surface area contributed by atoms with Crippen LogP contribution in [0.25, 0.3) is 5.57 Å². The first-order valence-electron chi connectivity index (χ1n) is 12.9. The summed E-state index contributed by atoms with van der Waals surface area (Å²) < 4.78 is 32.9. The molecule has 4 rings (SSSR count). The maximum absolute atomic E-state index is 11.6. The van der Waals surface area contributed by atoms with Crippen LogP contribution >= 0.6 is 11.3 Å². The lowest BCUT2D eigenvalue weighted by molar-refractivity contribution is -0.121. The number of rotatable bonds is 6. The van der Waals surface area contributed by atoms with Crippen molar-refractivity contribution < 1.29 is 23.4 Å². The number of halogens is 3. The van der Waals surface area contributed by atoms with Crippen molar-refractivity contribution >= 4 is 29.0 Å². The lowest BCUT2D eigenvalue weighted by atomic mass is 9.66. The SMILES string of the molecule is CC.CC(=N)C(F)(F)F.CC/C=C(\C=C(/C)c1cnc(C2(O)CC3(CC3)C(O)C3(CC3)C2)s1)NC=NC. The summed E-state index contributed by atoms with van der Waals surface area (Å²) in [5.41, 5.74) is -0.171. The predicted octanol–water partition coefficient (Wildman–Crippen LogP) is 6.61. The van der Waals surface area contributed by atoms with E-state index >= 15 is 0 Å². The van der Waals surface area contributed by atoms with E-state index in [0.29, 0.717) is 19.8 Å². The minimum Gasteiger partial charge on any atom is -0.392 e. The maximum atomic E-state index is 11.6. The van der Waals surface area contributed by atoms with Crippen molar-refractivity contribution in [2.24, 2.45) is 15.8 Å². The zero-order chi connectivity index (χ0) is 28.1. The van der Waals surface area contributed by atoms with Crippen LogP contribution in [0.4, 0.5) is 13.2 Å². The minimum atomic E-state index is -4.42. The Bertz CT molecular complexity index is 999. The van der Waals surface area contributed by atoms with Crippen LogP contribution in [0.3, 0.4) is 0 Å². The van der Waals surface area contributed by atoms with Gasteiger partial charge in [0, 0.05) is 29.8 Å². The third-order valence-electron chi connectivity index (χ3n) is 7.11.